The van der Waals surface area contributed by atoms with Crippen LogP contribution in [0.4, 0.5) is 0 Å². The number of hydrogen-bond acceptors (Lipinski definition) is 3. The molecule has 102 valence electrons. The maximum atomic E-state index is 11.9. The molecule has 0 unspecified atom stereocenters. The highest BCUT2D eigenvalue weighted by Crippen LogP contribution is 2.17. The van der Waals surface area contributed by atoms with Gasteiger partial charge >= 0.3 is 0 Å². The average Bonchev–Trinajstić information content (AvgIpc) is 2.28. The molecule has 0 bridgehead atoms. The highest BCUT2D eigenvalue weighted by atomic mass is 32.2. The van der Waals surface area contributed by atoms with Crippen molar-refractivity contribution in [1.82, 2.24) is 4.89 Å². The molecule has 4 nitrogen and oxygen atoms in total. The van der Waals surface area contributed by atoms with Crippen LogP contribution in [0.15, 0.2) is 29.2 Å². The first-order valence-electron chi connectivity index (χ1n) is 6.06. The van der Waals surface area contributed by atoms with Gasteiger partial charge in [0.05, 0.1) is 11.5 Å². The van der Waals surface area contributed by atoms with Gasteiger partial charge < -0.3 is 0 Å². The summed E-state index contributed by atoms with van der Waals surface area (Å²) < 4.78 is 23.7. The second kappa shape index (κ2) is 6.31. The minimum Gasteiger partial charge on any atom is -0.287 e. The van der Waals surface area contributed by atoms with Crippen molar-refractivity contribution >= 4 is 10.0 Å². The SMILES string of the molecule is CC(C)CONS(=O)(=O)c1ccc(C(C)C)cc1. The van der Waals surface area contributed by atoms with Gasteiger partial charge in [0, 0.05) is 0 Å². The quantitative estimate of drug-likeness (QED) is 0.809. The average molecular weight is 271 g/mol. The van der Waals surface area contributed by atoms with E-state index in [1.807, 2.05) is 26.0 Å². The van der Waals surface area contributed by atoms with E-state index < -0.39 is 10.0 Å². The summed E-state index contributed by atoms with van der Waals surface area (Å²) in [5.41, 5.74) is 1.11. The third kappa shape index (κ3) is 4.40. The summed E-state index contributed by atoms with van der Waals surface area (Å²) in [4.78, 5) is 7.30. The molecule has 0 spiro atoms. The van der Waals surface area contributed by atoms with Crippen molar-refractivity contribution in [2.45, 2.75) is 38.5 Å². The van der Waals surface area contributed by atoms with E-state index >= 15 is 0 Å². The predicted molar refractivity (Wildman–Crippen MR) is 71.6 cm³/mol. The van der Waals surface area contributed by atoms with E-state index in [2.05, 4.69) is 18.7 Å². The first kappa shape index (κ1) is 15.1. The van der Waals surface area contributed by atoms with Crippen LogP contribution in [0, 0.1) is 5.92 Å². The monoisotopic (exact) mass is 271 g/mol. The van der Waals surface area contributed by atoms with Crippen LogP contribution in [0.2, 0.25) is 0 Å². The van der Waals surface area contributed by atoms with Crippen LogP contribution in [-0.4, -0.2) is 15.0 Å². The van der Waals surface area contributed by atoms with Gasteiger partial charge in [0.15, 0.2) is 0 Å². The molecule has 0 atom stereocenters. The van der Waals surface area contributed by atoms with Crippen molar-refractivity contribution in [1.29, 1.82) is 0 Å². The Balaban J connectivity index is 2.73. The predicted octanol–water partition coefficient (Wildman–Crippen LogP) is 2.68. The summed E-state index contributed by atoms with van der Waals surface area (Å²) in [6.07, 6.45) is 0. The molecular weight excluding hydrogens is 250 g/mol. The van der Waals surface area contributed by atoms with Crippen LogP contribution >= 0.6 is 0 Å². The molecule has 0 saturated carbocycles. The van der Waals surface area contributed by atoms with Crippen molar-refractivity contribution in [3.05, 3.63) is 29.8 Å². The van der Waals surface area contributed by atoms with Crippen molar-refractivity contribution < 1.29 is 13.3 Å². The van der Waals surface area contributed by atoms with Gasteiger partial charge in [0.1, 0.15) is 0 Å². The van der Waals surface area contributed by atoms with Crippen LogP contribution < -0.4 is 4.89 Å². The Bertz CT molecular complexity index is 464. The van der Waals surface area contributed by atoms with Gasteiger partial charge in [0.25, 0.3) is 10.0 Å². The zero-order valence-corrected chi connectivity index (χ0v) is 12.1. The van der Waals surface area contributed by atoms with E-state index in [9.17, 15) is 8.42 Å². The summed E-state index contributed by atoms with van der Waals surface area (Å²) in [7, 11) is -3.57. The Morgan fingerprint density at radius 1 is 1.11 bits per heavy atom. The minimum atomic E-state index is -3.57. The van der Waals surface area contributed by atoms with E-state index in [4.69, 9.17) is 4.84 Å². The molecule has 0 aliphatic carbocycles. The lowest BCUT2D eigenvalue weighted by atomic mass is 10.0. The van der Waals surface area contributed by atoms with Gasteiger partial charge in [-0.25, -0.2) is 8.42 Å². The maximum Gasteiger partial charge on any atom is 0.262 e. The lowest BCUT2D eigenvalue weighted by molar-refractivity contribution is 0.0718. The minimum absolute atomic E-state index is 0.218. The first-order chi connectivity index (χ1) is 8.33. The van der Waals surface area contributed by atoms with E-state index in [1.165, 1.54) is 0 Å². The van der Waals surface area contributed by atoms with Gasteiger partial charge in [-0.1, -0.05) is 44.7 Å². The molecule has 0 heterocycles. The van der Waals surface area contributed by atoms with Gasteiger partial charge in [-0.2, -0.15) is 0 Å². The highest BCUT2D eigenvalue weighted by molar-refractivity contribution is 7.89. The van der Waals surface area contributed by atoms with Crippen LogP contribution in [0.25, 0.3) is 0 Å². The van der Waals surface area contributed by atoms with Crippen molar-refractivity contribution in [3.63, 3.8) is 0 Å². The second-order valence-electron chi connectivity index (χ2n) is 5.02. The number of hydrogen-bond donors (Lipinski definition) is 1. The first-order valence-corrected chi connectivity index (χ1v) is 7.55. The second-order valence-corrected chi connectivity index (χ2v) is 6.66. The van der Waals surface area contributed by atoms with Crippen LogP contribution in [-0.2, 0) is 14.9 Å². The lowest BCUT2D eigenvalue weighted by Crippen LogP contribution is -2.25. The molecule has 0 saturated heterocycles. The van der Waals surface area contributed by atoms with Gasteiger partial charge in [-0.05, 0) is 29.5 Å². The van der Waals surface area contributed by atoms with Crippen LogP contribution in [0.1, 0.15) is 39.2 Å². The Kier molecular flexibility index (Phi) is 5.31. The normalized spacial score (nSPS) is 12.3. The number of rotatable bonds is 6. The number of benzene rings is 1. The largest absolute Gasteiger partial charge is 0.287 e. The third-order valence-corrected chi connectivity index (χ3v) is 3.67. The fourth-order valence-electron chi connectivity index (χ4n) is 1.36. The number of nitrogens with one attached hydrogen (secondary N) is 1. The van der Waals surface area contributed by atoms with Crippen LogP contribution in [0.5, 0.6) is 0 Å². The van der Waals surface area contributed by atoms with Crippen molar-refractivity contribution in [3.8, 4) is 0 Å². The summed E-state index contributed by atoms with van der Waals surface area (Å²) in [5.74, 6) is 0.655. The van der Waals surface area contributed by atoms with E-state index in [-0.39, 0.29) is 10.8 Å². The standard InChI is InChI=1S/C13H21NO3S/c1-10(2)9-17-14-18(15,16)13-7-5-12(6-8-13)11(3)4/h5-8,10-11,14H,9H2,1-4H3. The summed E-state index contributed by atoms with van der Waals surface area (Å²) in [6, 6.07) is 6.83. The molecule has 18 heavy (non-hydrogen) atoms. The van der Waals surface area contributed by atoms with Gasteiger partial charge in [-0.3, -0.25) is 4.84 Å². The summed E-state index contributed by atoms with van der Waals surface area (Å²) in [5, 5.41) is 0. The zero-order chi connectivity index (χ0) is 13.8. The topological polar surface area (TPSA) is 55.4 Å². The highest BCUT2D eigenvalue weighted by Gasteiger charge is 2.14. The summed E-state index contributed by atoms with van der Waals surface area (Å²) >= 11 is 0. The molecule has 0 amide bonds. The lowest BCUT2D eigenvalue weighted by Gasteiger charge is -2.10. The fourth-order valence-corrected chi connectivity index (χ4v) is 2.17. The van der Waals surface area contributed by atoms with Crippen molar-refractivity contribution in [2.75, 3.05) is 6.61 Å². The Morgan fingerprint density at radius 2 is 1.67 bits per heavy atom. The molecular formula is C13H21NO3S. The Hall–Kier alpha value is -0.910. The molecule has 0 fully saturated rings. The molecule has 0 aliphatic rings. The van der Waals surface area contributed by atoms with E-state index in [0.29, 0.717) is 12.5 Å². The van der Waals surface area contributed by atoms with E-state index in [0.717, 1.165) is 5.56 Å². The number of sulfonamides is 1. The Morgan fingerprint density at radius 3 is 2.11 bits per heavy atom. The smallest absolute Gasteiger partial charge is 0.262 e. The maximum absolute atomic E-state index is 11.9. The Labute approximate surface area is 109 Å². The molecule has 1 aromatic carbocycles. The zero-order valence-electron chi connectivity index (χ0n) is 11.3. The summed E-state index contributed by atoms with van der Waals surface area (Å²) in [6.45, 7) is 8.38. The van der Waals surface area contributed by atoms with E-state index in [1.54, 1.807) is 12.1 Å². The molecule has 1 aromatic rings. The van der Waals surface area contributed by atoms with Crippen LogP contribution in [0.3, 0.4) is 0 Å². The molecule has 0 radical (unpaired) electrons. The fraction of sp³-hybridized carbons (Fsp3) is 0.538. The molecule has 0 aromatic heterocycles. The van der Waals surface area contributed by atoms with Gasteiger partial charge in [-0.15, -0.1) is 0 Å². The van der Waals surface area contributed by atoms with Gasteiger partial charge in [0.2, 0.25) is 0 Å². The third-order valence-electron chi connectivity index (χ3n) is 2.44. The molecule has 0 aliphatic heterocycles. The molecule has 1 rings (SSSR count). The van der Waals surface area contributed by atoms with Crippen molar-refractivity contribution in [2.24, 2.45) is 5.92 Å². The molecule has 5 heteroatoms. The molecule has 1 N–H and O–H groups in total.